The third-order valence-corrected chi connectivity index (χ3v) is 3.82. The number of aromatic nitrogens is 1. The van der Waals surface area contributed by atoms with Gasteiger partial charge in [0.1, 0.15) is 0 Å². The molecule has 1 heterocycles. The van der Waals surface area contributed by atoms with E-state index in [-0.39, 0.29) is 0 Å². The van der Waals surface area contributed by atoms with E-state index in [4.69, 9.17) is 0 Å². The average Bonchev–Trinajstić information content (AvgIpc) is 2.34. The predicted molar refractivity (Wildman–Crippen MR) is 71.8 cm³/mol. The van der Waals surface area contributed by atoms with Gasteiger partial charge >= 0.3 is 0 Å². The number of aliphatic hydroxyl groups excluding tert-OH is 1. The first-order chi connectivity index (χ1) is 8.18. The lowest BCUT2D eigenvalue weighted by Crippen LogP contribution is -2.03. The van der Waals surface area contributed by atoms with Gasteiger partial charge in [-0.3, -0.25) is 4.98 Å². The van der Waals surface area contributed by atoms with Gasteiger partial charge in [-0.05, 0) is 29.7 Å². The predicted octanol–water partition coefficient (Wildman–Crippen LogP) is 3.43. The van der Waals surface area contributed by atoms with Crippen LogP contribution in [-0.2, 0) is 6.42 Å². The summed E-state index contributed by atoms with van der Waals surface area (Å²) < 4.78 is 0.983. The number of aryl methyl sites for hydroxylation is 1. The van der Waals surface area contributed by atoms with Crippen LogP contribution in [0.2, 0.25) is 0 Å². The Morgan fingerprint density at radius 2 is 2.12 bits per heavy atom. The molecule has 0 bridgehead atoms. The van der Waals surface area contributed by atoms with Crippen LogP contribution in [0.4, 0.5) is 0 Å². The smallest absolute Gasteiger partial charge is 0.0841 e. The van der Waals surface area contributed by atoms with Gasteiger partial charge in [-0.1, -0.05) is 40.2 Å². The number of hydrogen-bond donors (Lipinski definition) is 1. The fraction of sp³-hybridized carbons (Fsp3) is 0.214. The van der Waals surface area contributed by atoms with E-state index in [9.17, 15) is 5.11 Å². The summed E-state index contributed by atoms with van der Waals surface area (Å²) in [6, 6.07) is 9.78. The molecule has 0 fully saturated rings. The van der Waals surface area contributed by atoms with Gasteiger partial charge < -0.3 is 5.11 Å². The Balaban J connectivity index is 2.20. The van der Waals surface area contributed by atoms with Crippen LogP contribution in [0.15, 0.2) is 47.2 Å². The molecule has 1 atom stereocenters. The van der Waals surface area contributed by atoms with Gasteiger partial charge in [0.05, 0.1) is 6.10 Å². The summed E-state index contributed by atoms with van der Waals surface area (Å²) in [4.78, 5) is 4.05. The van der Waals surface area contributed by atoms with Crippen molar-refractivity contribution in [2.45, 2.75) is 19.4 Å². The normalized spacial score (nSPS) is 12.4. The first-order valence-corrected chi connectivity index (χ1v) is 6.30. The topological polar surface area (TPSA) is 33.1 Å². The largest absolute Gasteiger partial charge is 0.388 e. The van der Waals surface area contributed by atoms with Gasteiger partial charge in [0.25, 0.3) is 0 Å². The van der Waals surface area contributed by atoms with Gasteiger partial charge in [-0.2, -0.15) is 0 Å². The Morgan fingerprint density at radius 1 is 1.29 bits per heavy atom. The zero-order chi connectivity index (χ0) is 12.3. The summed E-state index contributed by atoms with van der Waals surface area (Å²) in [7, 11) is 0. The minimum atomic E-state index is -0.506. The second kappa shape index (κ2) is 5.43. The Morgan fingerprint density at radius 3 is 2.82 bits per heavy atom. The maximum atomic E-state index is 10.2. The fourth-order valence-electron chi connectivity index (χ4n) is 1.78. The second-order valence-electron chi connectivity index (χ2n) is 4.06. The van der Waals surface area contributed by atoms with Crippen molar-refractivity contribution in [2.75, 3.05) is 0 Å². The molecule has 2 nitrogen and oxygen atoms in total. The van der Waals surface area contributed by atoms with Crippen LogP contribution in [0.1, 0.15) is 22.8 Å². The highest BCUT2D eigenvalue weighted by Gasteiger charge is 2.12. The summed E-state index contributed by atoms with van der Waals surface area (Å²) in [5.74, 6) is 0. The molecule has 0 saturated heterocycles. The van der Waals surface area contributed by atoms with Crippen molar-refractivity contribution in [3.63, 3.8) is 0 Å². The van der Waals surface area contributed by atoms with Crippen molar-refractivity contribution in [1.29, 1.82) is 0 Å². The highest BCUT2D eigenvalue weighted by atomic mass is 79.9. The molecule has 0 aliphatic rings. The molecule has 0 spiro atoms. The number of rotatable bonds is 3. The summed E-state index contributed by atoms with van der Waals surface area (Å²) in [5, 5.41) is 10.2. The van der Waals surface area contributed by atoms with Gasteiger partial charge in [-0.15, -0.1) is 0 Å². The molecule has 1 unspecified atom stereocenters. The molecular weight excluding hydrogens is 278 g/mol. The van der Waals surface area contributed by atoms with Crippen molar-refractivity contribution in [3.05, 3.63) is 63.9 Å². The van der Waals surface area contributed by atoms with Crippen LogP contribution in [0.3, 0.4) is 0 Å². The van der Waals surface area contributed by atoms with Crippen molar-refractivity contribution in [2.24, 2.45) is 0 Å². The van der Waals surface area contributed by atoms with E-state index in [1.54, 1.807) is 12.4 Å². The van der Waals surface area contributed by atoms with E-state index in [2.05, 4.69) is 20.9 Å². The first-order valence-electron chi connectivity index (χ1n) is 5.50. The van der Waals surface area contributed by atoms with Gasteiger partial charge in [-0.25, -0.2) is 0 Å². The number of aliphatic hydroxyl groups is 1. The van der Waals surface area contributed by atoms with Crippen LogP contribution < -0.4 is 0 Å². The minimum absolute atomic E-state index is 0.506. The van der Waals surface area contributed by atoms with E-state index in [0.29, 0.717) is 6.42 Å². The Labute approximate surface area is 109 Å². The van der Waals surface area contributed by atoms with Crippen LogP contribution in [0, 0.1) is 6.92 Å². The zero-order valence-corrected chi connectivity index (χ0v) is 11.2. The van der Waals surface area contributed by atoms with Crippen LogP contribution in [0.5, 0.6) is 0 Å². The molecule has 1 aromatic heterocycles. The van der Waals surface area contributed by atoms with Gasteiger partial charge in [0, 0.05) is 23.3 Å². The first kappa shape index (κ1) is 12.3. The molecule has 0 radical (unpaired) electrons. The summed E-state index contributed by atoms with van der Waals surface area (Å²) in [6.45, 7) is 2.02. The third-order valence-electron chi connectivity index (χ3n) is 2.73. The Hall–Kier alpha value is -1.19. The number of hydrogen-bond acceptors (Lipinski definition) is 2. The molecule has 1 N–H and O–H groups in total. The summed E-state index contributed by atoms with van der Waals surface area (Å²) in [5.41, 5.74) is 3.09. The second-order valence-corrected chi connectivity index (χ2v) is 4.85. The molecule has 0 aliphatic carbocycles. The zero-order valence-electron chi connectivity index (χ0n) is 9.60. The maximum Gasteiger partial charge on any atom is 0.0841 e. The number of benzene rings is 1. The summed E-state index contributed by atoms with van der Waals surface area (Å²) >= 11 is 3.52. The van der Waals surface area contributed by atoms with Crippen LogP contribution in [0.25, 0.3) is 0 Å². The molecular formula is C14H14BrNO. The lowest BCUT2D eigenvalue weighted by Gasteiger charge is -2.14. The lowest BCUT2D eigenvalue weighted by atomic mass is 10.0. The monoisotopic (exact) mass is 291 g/mol. The standard InChI is InChI=1S/C14H14BrNO/c1-10-4-2-6-12(14(10)15)13(17)8-11-5-3-7-16-9-11/h2-7,9,13,17H,8H2,1H3. The minimum Gasteiger partial charge on any atom is -0.388 e. The van der Waals surface area contributed by atoms with Crippen molar-refractivity contribution in [3.8, 4) is 0 Å². The van der Waals surface area contributed by atoms with Gasteiger partial charge in [0.15, 0.2) is 0 Å². The average molecular weight is 292 g/mol. The molecule has 17 heavy (non-hydrogen) atoms. The van der Waals surface area contributed by atoms with Crippen molar-refractivity contribution < 1.29 is 5.11 Å². The van der Waals surface area contributed by atoms with Crippen LogP contribution >= 0.6 is 15.9 Å². The van der Waals surface area contributed by atoms with Crippen molar-refractivity contribution in [1.82, 2.24) is 4.98 Å². The van der Waals surface area contributed by atoms with E-state index >= 15 is 0 Å². The quantitative estimate of drug-likeness (QED) is 0.940. The van der Waals surface area contributed by atoms with Gasteiger partial charge in [0.2, 0.25) is 0 Å². The van der Waals surface area contributed by atoms with E-state index < -0.39 is 6.10 Å². The van der Waals surface area contributed by atoms with E-state index in [1.165, 1.54) is 0 Å². The summed E-state index contributed by atoms with van der Waals surface area (Å²) in [6.07, 6.45) is 3.59. The molecule has 88 valence electrons. The molecule has 0 amide bonds. The number of pyridine rings is 1. The lowest BCUT2D eigenvalue weighted by molar-refractivity contribution is 0.177. The molecule has 1 aromatic carbocycles. The Bertz CT molecular complexity index is 499. The highest BCUT2D eigenvalue weighted by molar-refractivity contribution is 9.10. The van der Waals surface area contributed by atoms with Crippen LogP contribution in [-0.4, -0.2) is 10.1 Å². The number of halogens is 1. The molecule has 2 aromatic rings. The highest BCUT2D eigenvalue weighted by Crippen LogP contribution is 2.28. The molecule has 0 aliphatic heterocycles. The van der Waals surface area contributed by atoms with Crippen molar-refractivity contribution >= 4 is 15.9 Å². The molecule has 0 saturated carbocycles. The van der Waals surface area contributed by atoms with E-state index in [1.807, 2.05) is 37.3 Å². The SMILES string of the molecule is Cc1cccc(C(O)Cc2cccnc2)c1Br. The Kier molecular flexibility index (Phi) is 3.92. The maximum absolute atomic E-state index is 10.2. The molecule has 2 rings (SSSR count). The fourth-order valence-corrected chi connectivity index (χ4v) is 2.31. The molecule has 3 heteroatoms. The number of nitrogens with zero attached hydrogens (tertiary/aromatic N) is 1. The third kappa shape index (κ3) is 2.93. The van der Waals surface area contributed by atoms with E-state index in [0.717, 1.165) is 21.2 Å².